The maximum atomic E-state index is 14.9. The van der Waals surface area contributed by atoms with Gasteiger partial charge in [-0.3, -0.25) is 4.57 Å². The van der Waals surface area contributed by atoms with Crippen molar-refractivity contribution in [3.63, 3.8) is 0 Å². The molecule has 0 amide bonds. The molecule has 41 heavy (non-hydrogen) atoms. The highest BCUT2D eigenvalue weighted by molar-refractivity contribution is 7.26. The number of benzene rings is 5. The highest BCUT2D eigenvalue weighted by Crippen LogP contribution is 2.44. The van der Waals surface area contributed by atoms with Crippen molar-refractivity contribution in [2.75, 3.05) is 0 Å². The Bertz CT molecular complexity index is 2040. The van der Waals surface area contributed by atoms with Gasteiger partial charge in [-0.15, -0.1) is 11.3 Å². The molecule has 0 aliphatic carbocycles. The minimum absolute atomic E-state index is 0.177. The molecular formula is C37H31FN2S. The summed E-state index contributed by atoms with van der Waals surface area (Å²) in [5, 5.41) is 2.01. The van der Waals surface area contributed by atoms with Gasteiger partial charge in [0.05, 0.1) is 21.4 Å². The summed E-state index contributed by atoms with van der Waals surface area (Å²) < 4.78 is 19.0. The van der Waals surface area contributed by atoms with Crippen LogP contribution in [-0.2, 0) is 0 Å². The Morgan fingerprint density at radius 3 is 2.00 bits per heavy atom. The van der Waals surface area contributed by atoms with Gasteiger partial charge in [0, 0.05) is 21.0 Å². The number of para-hydroxylation sites is 2. The molecule has 7 aromatic rings. The van der Waals surface area contributed by atoms with Crippen LogP contribution in [0.5, 0.6) is 0 Å². The minimum Gasteiger partial charge on any atom is -0.292 e. The van der Waals surface area contributed by atoms with E-state index in [9.17, 15) is 4.39 Å². The molecule has 0 aliphatic rings. The summed E-state index contributed by atoms with van der Waals surface area (Å²) in [6, 6.07) is 35.4. The Kier molecular flexibility index (Phi) is 6.24. The number of thiophene rings is 1. The van der Waals surface area contributed by atoms with Crippen LogP contribution in [0.25, 0.3) is 59.4 Å². The first-order chi connectivity index (χ1) is 19.9. The summed E-state index contributed by atoms with van der Waals surface area (Å²) in [5.74, 6) is 1.28. The van der Waals surface area contributed by atoms with E-state index in [1.807, 2.05) is 12.1 Å². The molecule has 2 heterocycles. The maximum Gasteiger partial charge on any atom is 0.147 e. The van der Waals surface area contributed by atoms with Crippen LogP contribution in [0.1, 0.15) is 50.7 Å². The number of rotatable bonds is 5. The monoisotopic (exact) mass is 554 g/mol. The van der Waals surface area contributed by atoms with Gasteiger partial charge in [0.15, 0.2) is 0 Å². The normalized spacial score (nSPS) is 12.0. The quantitative estimate of drug-likeness (QED) is 0.207. The number of halogens is 1. The van der Waals surface area contributed by atoms with E-state index in [0.717, 1.165) is 37.9 Å². The van der Waals surface area contributed by atoms with Gasteiger partial charge in [0.25, 0.3) is 0 Å². The molecule has 0 aliphatic heterocycles. The second kappa shape index (κ2) is 9.97. The summed E-state index contributed by atoms with van der Waals surface area (Å²) >= 11 is 1.52. The van der Waals surface area contributed by atoms with Crippen LogP contribution < -0.4 is 0 Å². The van der Waals surface area contributed by atoms with Gasteiger partial charge < -0.3 is 0 Å². The molecule has 2 nitrogen and oxygen atoms in total. The first kappa shape index (κ1) is 25.7. The van der Waals surface area contributed by atoms with E-state index in [0.29, 0.717) is 4.70 Å². The first-order valence-corrected chi connectivity index (χ1v) is 15.0. The molecule has 7 rings (SSSR count). The number of nitrogens with zero attached hydrogens (tertiary/aromatic N) is 2. The topological polar surface area (TPSA) is 17.8 Å². The molecule has 0 fully saturated rings. The molecule has 0 bridgehead atoms. The predicted molar refractivity (Wildman–Crippen MR) is 173 cm³/mol. The molecule has 2 aromatic heterocycles. The molecule has 0 saturated carbocycles. The van der Waals surface area contributed by atoms with E-state index < -0.39 is 0 Å². The van der Waals surface area contributed by atoms with Gasteiger partial charge in [-0.05, 0) is 70.5 Å². The summed E-state index contributed by atoms with van der Waals surface area (Å²) in [6.07, 6.45) is 0. The number of imidazole rings is 1. The zero-order valence-electron chi connectivity index (χ0n) is 23.7. The summed E-state index contributed by atoms with van der Waals surface area (Å²) in [4.78, 5) is 5.26. The van der Waals surface area contributed by atoms with E-state index in [4.69, 9.17) is 4.98 Å². The predicted octanol–water partition coefficient (Wildman–Crippen LogP) is 11.1. The number of hydrogen-bond acceptors (Lipinski definition) is 2. The Hall–Kier alpha value is -4.28. The average molecular weight is 555 g/mol. The molecule has 0 atom stereocenters. The van der Waals surface area contributed by atoms with Crippen molar-refractivity contribution in [3.05, 3.63) is 120 Å². The Morgan fingerprint density at radius 2 is 1.29 bits per heavy atom. The molecule has 0 unspecified atom stereocenters. The molecule has 0 saturated heterocycles. The van der Waals surface area contributed by atoms with Gasteiger partial charge in [-0.1, -0.05) is 94.4 Å². The molecule has 0 spiro atoms. The van der Waals surface area contributed by atoms with Gasteiger partial charge in [0.2, 0.25) is 0 Å². The number of hydrogen-bond donors (Lipinski definition) is 0. The summed E-state index contributed by atoms with van der Waals surface area (Å²) in [5.41, 5.74) is 9.26. The Balaban J connectivity index is 1.60. The van der Waals surface area contributed by atoms with Gasteiger partial charge in [-0.2, -0.15) is 0 Å². The largest absolute Gasteiger partial charge is 0.292 e. The lowest BCUT2D eigenvalue weighted by Crippen LogP contribution is -2.09. The fourth-order valence-electron chi connectivity index (χ4n) is 6.01. The lowest BCUT2D eigenvalue weighted by atomic mass is 9.88. The molecule has 5 aromatic carbocycles. The van der Waals surface area contributed by atoms with E-state index in [1.54, 1.807) is 12.1 Å². The molecule has 202 valence electrons. The molecule has 0 N–H and O–H groups in total. The smallest absolute Gasteiger partial charge is 0.147 e. The average Bonchev–Trinajstić information content (AvgIpc) is 3.56. The van der Waals surface area contributed by atoms with Crippen molar-refractivity contribution < 1.29 is 4.39 Å². The fraction of sp³-hybridized carbons (Fsp3) is 0.162. The van der Waals surface area contributed by atoms with Crippen molar-refractivity contribution in [2.45, 2.75) is 39.5 Å². The summed E-state index contributed by atoms with van der Waals surface area (Å²) in [6.45, 7) is 9.08. The van der Waals surface area contributed by atoms with Crippen molar-refractivity contribution in [1.82, 2.24) is 9.55 Å². The highest BCUT2D eigenvalue weighted by atomic mass is 32.1. The van der Waals surface area contributed by atoms with Crippen molar-refractivity contribution in [1.29, 1.82) is 0 Å². The zero-order valence-corrected chi connectivity index (χ0v) is 24.5. The molecule has 4 heteroatoms. The van der Waals surface area contributed by atoms with Gasteiger partial charge in [-0.25, -0.2) is 9.37 Å². The molecular weight excluding hydrogens is 523 g/mol. The van der Waals surface area contributed by atoms with Crippen molar-refractivity contribution >= 4 is 42.5 Å². The molecule has 0 radical (unpaired) electrons. The van der Waals surface area contributed by atoms with Crippen LogP contribution in [-0.4, -0.2) is 9.55 Å². The zero-order chi connectivity index (χ0) is 28.2. The van der Waals surface area contributed by atoms with E-state index in [2.05, 4.69) is 111 Å². The fourth-order valence-corrected chi connectivity index (χ4v) is 7.23. The van der Waals surface area contributed by atoms with Crippen LogP contribution in [0, 0.1) is 5.82 Å². The van der Waals surface area contributed by atoms with E-state index in [1.165, 1.54) is 39.3 Å². The second-order valence-electron chi connectivity index (χ2n) is 11.3. The highest BCUT2D eigenvalue weighted by Gasteiger charge is 2.25. The minimum atomic E-state index is -0.177. The lowest BCUT2D eigenvalue weighted by molar-refractivity contribution is 0.642. The van der Waals surface area contributed by atoms with Crippen LogP contribution in [0.2, 0.25) is 0 Å². The third-order valence-electron chi connectivity index (χ3n) is 8.02. The van der Waals surface area contributed by atoms with Crippen LogP contribution in [0.4, 0.5) is 4.39 Å². The van der Waals surface area contributed by atoms with E-state index >= 15 is 0 Å². The van der Waals surface area contributed by atoms with Crippen LogP contribution in [0.15, 0.2) is 103 Å². The van der Waals surface area contributed by atoms with Gasteiger partial charge in [0.1, 0.15) is 11.6 Å². The van der Waals surface area contributed by atoms with E-state index in [-0.39, 0.29) is 17.7 Å². The summed E-state index contributed by atoms with van der Waals surface area (Å²) in [7, 11) is 0. The SMILES string of the molecule is CC(C)c1cc(-c2ccccc2)cc(C(C)C)c1-n1c(-c2cccc3c2sc2c(F)cccc23)nc2ccccc21. The second-order valence-corrected chi connectivity index (χ2v) is 12.4. The third kappa shape index (κ3) is 4.17. The van der Waals surface area contributed by atoms with Crippen LogP contribution >= 0.6 is 11.3 Å². The number of aromatic nitrogens is 2. The lowest BCUT2D eigenvalue weighted by Gasteiger charge is -2.24. The Labute approximate surface area is 243 Å². The third-order valence-corrected chi connectivity index (χ3v) is 9.28. The van der Waals surface area contributed by atoms with Crippen LogP contribution in [0.3, 0.4) is 0 Å². The Morgan fingerprint density at radius 1 is 0.659 bits per heavy atom. The maximum absolute atomic E-state index is 14.9. The van der Waals surface area contributed by atoms with Crippen molar-refractivity contribution in [2.24, 2.45) is 0 Å². The standard InChI is InChI=1S/C37H31FN2S/c1-22(2)29-20-25(24-12-6-5-7-13-24)21-30(23(3)4)34(29)40-33-19-9-8-18-32(33)39-37(40)28-16-10-14-26-27-15-11-17-31(38)36(27)41-35(26)28/h5-23H,1-4H3. The number of fused-ring (bicyclic) bond motifs is 4. The first-order valence-electron chi connectivity index (χ1n) is 14.2. The van der Waals surface area contributed by atoms with Crippen molar-refractivity contribution in [3.8, 4) is 28.2 Å². The van der Waals surface area contributed by atoms with Gasteiger partial charge >= 0.3 is 0 Å².